The van der Waals surface area contributed by atoms with Crippen LogP contribution in [0.4, 0.5) is 0 Å². The SMILES string of the molecule is P.[Ag].[Cu].[Sn]. The van der Waals surface area contributed by atoms with Crippen LogP contribution in [0.5, 0.6) is 0 Å². The van der Waals surface area contributed by atoms with Gasteiger partial charge in [-0.05, 0) is 0 Å². The van der Waals surface area contributed by atoms with Crippen LogP contribution >= 0.6 is 9.90 Å². The van der Waals surface area contributed by atoms with Gasteiger partial charge >= 0.3 is 0 Å². The molecular weight excluding hydrogens is 321 g/mol. The first-order valence-corrected chi connectivity index (χ1v) is 0. The van der Waals surface area contributed by atoms with Crippen molar-refractivity contribution < 1.29 is 39.4 Å². The van der Waals surface area contributed by atoms with Crippen LogP contribution in [0.1, 0.15) is 0 Å². The van der Waals surface area contributed by atoms with E-state index in [1.54, 1.807) is 0 Å². The molecule has 4 heavy (non-hydrogen) atoms. The van der Waals surface area contributed by atoms with E-state index in [1.807, 2.05) is 0 Å². The fourth-order valence-electron chi connectivity index (χ4n) is 0. The Hall–Kier alpha value is 2.49. The van der Waals surface area contributed by atoms with Crippen molar-refractivity contribution in [3.63, 3.8) is 0 Å². The van der Waals surface area contributed by atoms with E-state index in [1.165, 1.54) is 0 Å². The van der Waals surface area contributed by atoms with Gasteiger partial charge in [0.1, 0.15) is 0 Å². The third kappa shape index (κ3) is 8.82. The Morgan fingerprint density at radius 1 is 1.00 bits per heavy atom. The topological polar surface area (TPSA) is 0 Å². The summed E-state index contributed by atoms with van der Waals surface area (Å²) in [4.78, 5) is 0. The molecule has 0 heterocycles. The molecule has 0 saturated heterocycles. The van der Waals surface area contributed by atoms with Gasteiger partial charge in [0, 0.05) is 63.4 Å². The van der Waals surface area contributed by atoms with Gasteiger partial charge in [-0.3, -0.25) is 0 Å². The molecule has 6 radical (unpaired) electrons. The first-order chi connectivity index (χ1) is 0. The standard InChI is InChI=1S/Ag.Cu.H3P.Sn/h;;1H3;. The summed E-state index contributed by atoms with van der Waals surface area (Å²) in [5, 5.41) is 0. The average Bonchev–Trinajstić information content (AvgIpc) is 0. The molecule has 0 aromatic rings. The minimum absolute atomic E-state index is 0. The summed E-state index contributed by atoms with van der Waals surface area (Å²) in [5.41, 5.74) is 0. The molecule has 0 aromatic heterocycles. The Morgan fingerprint density at radius 3 is 1.00 bits per heavy atom. The Morgan fingerprint density at radius 2 is 1.00 bits per heavy atom. The van der Waals surface area contributed by atoms with Crippen LogP contribution in [0.15, 0.2) is 0 Å². The van der Waals surface area contributed by atoms with Crippen molar-refractivity contribution in [1.82, 2.24) is 0 Å². The van der Waals surface area contributed by atoms with Gasteiger partial charge in [-0.1, -0.05) is 0 Å². The molecular formula is H3AgCuPSn. The van der Waals surface area contributed by atoms with E-state index in [0.29, 0.717) is 0 Å². The van der Waals surface area contributed by atoms with E-state index in [4.69, 9.17) is 0 Å². The van der Waals surface area contributed by atoms with Crippen molar-refractivity contribution in [2.75, 3.05) is 0 Å². The summed E-state index contributed by atoms with van der Waals surface area (Å²) < 4.78 is 0. The monoisotopic (exact) mass is 324 g/mol. The molecule has 0 spiro atoms. The molecule has 0 rings (SSSR count). The van der Waals surface area contributed by atoms with Crippen molar-refractivity contribution in [2.45, 2.75) is 0 Å². The minimum Gasteiger partial charge on any atom is -0.153 e. The molecule has 1 atom stereocenters. The van der Waals surface area contributed by atoms with Gasteiger partial charge in [0.25, 0.3) is 0 Å². The van der Waals surface area contributed by atoms with E-state index in [2.05, 4.69) is 0 Å². The second kappa shape index (κ2) is 17.9. The van der Waals surface area contributed by atoms with Crippen molar-refractivity contribution in [3.05, 3.63) is 0 Å². The maximum Gasteiger partial charge on any atom is 0 e. The summed E-state index contributed by atoms with van der Waals surface area (Å²) in [6, 6.07) is 0. The maximum atomic E-state index is 0. The van der Waals surface area contributed by atoms with Gasteiger partial charge in [-0.25, -0.2) is 0 Å². The van der Waals surface area contributed by atoms with Crippen LogP contribution in [0, 0.1) is 0 Å². The summed E-state index contributed by atoms with van der Waals surface area (Å²) in [5.74, 6) is 0. The molecule has 0 amide bonds. The fourth-order valence-corrected chi connectivity index (χ4v) is 0. The van der Waals surface area contributed by atoms with Crippen LogP contribution in [0.25, 0.3) is 0 Å². The molecule has 34 valence electrons. The van der Waals surface area contributed by atoms with Gasteiger partial charge in [0.05, 0.1) is 0 Å². The van der Waals surface area contributed by atoms with Crippen molar-refractivity contribution in [3.8, 4) is 0 Å². The van der Waals surface area contributed by atoms with E-state index >= 15 is 0 Å². The number of hydrogen-bond acceptors (Lipinski definition) is 0. The van der Waals surface area contributed by atoms with E-state index in [0.717, 1.165) is 0 Å². The zero-order valence-electron chi connectivity index (χ0n) is 1.81. The zero-order valence-corrected chi connectivity index (χ0v) is 8.50. The maximum absolute atomic E-state index is 0. The zero-order chi connectivity index (χ0) is 0. The Balaban J connectivity index is 0. The molecule has 0 N–H and O–H groups in total. The molecule has 4 heteroatoms. The van der Waals surface area contributed by atoms with Gasteiger partial charge in [0.15, 0.2) is 0 Å². The van der Waals surface area contributed by atoms with Crippen LogP contribution < -0.4 is 0 Å². The summed E-state index contributed by atoms with van der Waals surface area (Å²) in [6.07, 6.45) is 0. The van der Waals surface area contributed by atoms with Crippen LogP contribution in [-0.2, 0) is 39.4 Å². The summed E-state index contributed by atoms with van der Waals surface area (Å²) in [6.45, 7) is 0. The molecule has 0 aliphatic carbocycles. The van der Waals surface area contributed by atoms with Crippen molar-refractivity contribution >= 4 is 33.8 Å². The predicted octanol–water partition coefficient (Wildman–Crippen LogP) is -0.328. The predicted molar refractivity (Wildman–Crippen MR) is 16.9 cm³/mol. The quantitative estimate of drug-likeness (QED) is 0.423. The molecule has 0 fully saturated rings. The third-order valence-corrected chi connectivity index (χ3v) is 0. The molecule has 0 aliphatic rings. The normalized spacial score (nSPS) is 0. The molecule has 1 unspecified atom stereocenters. The van der Waals surface area contributed by atoms with Crippen LogP contribution in [0.3, 0.4) is 0 Å². The second-order valence-corrected chi connectivity index (χ2v) is 0. The Labute approximate surface area is 72.4 Å². The fraction of sp³-hybridized carbons (Fsp3) is 0. The smallest absolute Gasteiger partial charge is 0 e. The third-order valence-electron chi connectivity index (χ3n) is 0. The number of hydrogen-bond donors (Lipinski definition) is 0. The average molecular weight is 324 g/mol. The van der Waals surface area contributed by atoms with Gasteiger partial charge in [-0.15, -0.1) is 0 Å². The first-order valence-electron chi connectivity index (χ1n) is 0. The largest absolute Gasteiger partial charge is 0.153 e. The van der Waals surface area contributed by atoms with E-state index in [9.17, 15) is 0 Å². The summed E-state index contributed by atoms with van der Waals surface area (Å²) >= 11 is 0. The van der Waals surface area contributed by atoms with E-state index < -0.39 is 0 Å². The van der Waals surface area contributed by atoms with Gasteiger partial charge < -0.3 is 0 Å². The van der Waals surface area contributed by atoms with Crippen LogP contribution in [0.2, 0.25) is 0 Å². The van der Waals surface area contributed by atoms with E-state index in [-0.39, 0.29) is 73.3 Å². The Kier molecular flexibility index (Phi) is 141. The van der Waals surface area contributed by atoms with Crippen molar-refractivity contribution in [2.24, 2.45) is 0 Å². The van der Waals surface area contributed by atoms with Crippen LogP contribution in [-0.4, -0.2) is 23.9 Å². The van der Waals surface area contributed by atoms with Gasteiger partial charge in [0.2, 0.25) is 0 Å². The second-order valence-electron chi connectivity index (χ2n) is 0. The molecule has 0 aromatic carbocycles. The molecule has 0 saturated carbocycles. The Bertz CT molecular complexity index is 8.00. The van der Waals surface area contributed by atoms with Crippen molar-refractivity contribution in [1.29, 1.82) is 0 Å². The molecule has 0 bridgehead atoms. The number of rotatable bonds is 0. The first kappa shape index (κ1) is 31.6. The molecule has 0 nitrogen and oxygen atoms in total. The minimum atomic E-state index is 0. The molecule has 0 aliphatic heterocycles. The van der Waals surface area contributed by atoms with Gasteiger partial charge in [-0.2, -0.15) is 9.90 Å². The summed E-state index contributed by atoms with van der Waals surface area (Å²) in [7, 11) is 0.